The molecule has 4 nitrogen and oxygen atoms in total. The first-order chi connectivity index (χ1) is 7.24. The summed E-state index contributed by atoms with van der Waals surface area (Å²) in [7, 11) is 2.16. The summed E-state index contributed by atoms with van der Waals surface area (Å²) in [6.07, 6.45) is 6.13. The number of piperidine rings is 1. The van der Waals surface area contributed by atoms with Crippen LogP contribution >= 0.6 is 22.6 Å². The molecule has 82 valence electrons. The fraction of sp³-hybridized carbons (Fsp3) is 0.600. The van der Waals surface area contributed by atoms with Crippen LogP contribution in [0.15, 0.2) is 12.4 Å². The number of halogens is 1. The van der Waals surface area contributed by atoms with Gasteiger partial charge in [-0.25, -0.2) is 9.97 Å². The van der Waals surface area contributed by atoms with Crippen molar-refractivity contribution < 1.29 is 0 Å². The van der Waals surface area contributed by atoms with Gasteiger partial charge in [0.05, 0.1) is 0 Å². The molecule has 1 N–H and O–H groups in total. The van der Waals surface area contributed by atoms with Gasteiger partial charge in [-0.15, -0.1) is 0 Å². The predicted octanol–water partition coefficient (Wildman–Crippen LogP) is 1.59. The zero-order valence-electron chi connectivity index (χ0n) is 8.78. The SMILES string of the molecule is CN1CCCC(Nc2ncc(I)cn2)C1. The molecule has 1 unspecified atom stereocenters. The Morgan fingerprint density at radius 2 is 2.20 bits per heavy atom. The summed E-state index contributed by atoms with van der Waals surface area (Å²) < 4.78 is 1.07. The second kappa shape index (κ2) is 5.07. The van der Waals surface area contributed by atoms with Crippen molar-refractivity contribution >= 4 is 28.5 Å². The third-order valence-corrected chi connectivity index (χ3v) is 3.14. The van der Waals surface area contributed by atoms with Crippen molar-refractivity contribution in [3.05, 3.63) is 16.0 Å². The highest BCUT2D eigenvalue weighted by Crippen LogP contribution is 2.12. The van der Waals surface area contributed by atoms with Crippen molar-refractivity contribution in [3.63, 3.8) is 0 Å². The van der Waals surface area contributed by atoms with Crippen LogP contribution in [0.4, 0.5) is 5.95 Å². The van der Waals surface area contributed by atoms with Gasteiger partial charge in [-0.3, -0.25) is 0 Å². The van der Waals surface area contributed by atoms with Crippen LogP contribution < -0.4 is 5.32 Å². The van der Waals surface area contributed by atoms with Gasteiger partial charge in [-0.2, -0.15) is 0 Å². The van der Waals surface area contributed by atoms with E-state index in [1.165, 1.54) is 19.4 Å². The topological polar surface area (TPSA) is 41.0 Å². The molecule has 0 aliphatic carbocycles. The molecule has 1 aliphatic rings. The first-order valence-corrected chi connectivity index (χ1v) is 6.24. The number of nitrogens with one attached hydrogen (secondary N) is 1. The van der Waals surface area contributed by atoms with Crippen molar-refractivity contribution in [1.82, 2.24) is 14.9 Å². The largest absolute Gasteiger partial charge is 0.350 e. The second-order valence-corrected chi connectivity index (χ2v) is 5.22. The maximum Gasteiger partial charge on any atom is 0.222 e. The van der Waals surface area contributed by atoms with E-state index in [-0.39, 0.29) is 0 Å². The molecule has 1 fully saturated rings. The lowest BCUT2D eigenvalue weighted by Crippen LogP contribution is -2.40. The van der Waals surface area contributed by atoms with E-state index in [1.54, 1.807) is 0 Å². The van der Waals surface area contributed by atoms with Crippen LogP contribution in [-0.4, -0.2) is 41.0 Å². The minimum absolute atomic E-state index is 0.490. The molecule has 2 heterocycles. The molecule has 0 bridgehead atoms. The molecule has 1 atom stereocenters. The normalized spacial score (nSPS) is 22.7. The molecule has 5 heteroatoms. The molecule has 0 radical (unpaired) electrons. The molecule has 0 saturated carbocycles. The van der Waals surface area contributed by atoms with Crippen molar-refractivity contribution in [1.29, 1.82) is 0 Å². The highest BCUT2D eigenvalue weighted by molar-refractivity contribution is 14.1. The van der Waals surface area contributed by atoms with Crippen molar-refractivity contribution in [2.45, 2.75) is 18.9 Å². The predicted molar refractivity (Wildman–Crippen MR) is 68.9 cm³/mol. The minimum atomic E-state index is 0.490. The third-order valence-electron chi connectivity index (χ3n) is 2.58. The Labute approximate surface area is 104 Å². The maximum absolute atomic E-state index is 4.25. The van der Waals surface area contributed by atoms with Gasteiger partial charge in [0.2, 0.25) is 5.95 Å². The van der Waals surface area contributed by atoms with E-state index >= 15 is 0 Å². The molecular weight excluding hydrogens is 303 g/mol. The van der Waals surface area contributed by atoms with E-state index in [2.05, 4.69) is 49.8 Å². The fourth-order valence-corrected chi connectivity index (χ4v) is 2.13. The number of hydrogen-bond donors (Lipinski definition) is 1. The van der Waals surface area contributed by atoms with Gasteiger partial charge in [-0.05, 0) is 49.0 Å². The average Bonchev–Trinajstić information content (AvgIpc) is 2.22. The molecule has 2 rings (SSSR count). The van der Waals surface area contributed by atoms with Crippen molar-refractivity contribution in [3.8, 4) is 0 Å². The lowest BCUT2D eigenvalue weighted by molar-refractivity contribution is 0.260. The Bertz CT molecular complexity index is 314. The number of nitrogens with zero attached hydrogens (tertiary/aromatic N) is 3. The fourth-order valence-electron chi connectivity index (χ4n) is 1.85. The van der Waals surface area contributed by atoms with Gasteiger partial charge in [-0.1, -0.05) is 0 Å². The molecule has 1 aromatic heterocycles. The summed E-state index contributed by atoms with van der Waals surface area (Å²) in [5, 5.41) is 3.37. The highest BCUT2D eigenvalue weighted by Gasteiger charge is 2.17. The monoisotopic (exact) mass is 318 g/mol. The average molecular weight is 318 g/mol. The van der Waals surface area contributed by atoms with Gasteiger partial charge in [0, 0.05) is 28.6 Å². The number of likely N-dealkylation sites (N-methyl/N-ethyl adjacent to an activating group) is 1. The Morgan fingerprint density at radius 3 is 2.87 bits per heavy atom. The Morgan fingerprint density at radius 1 is 1.47 bits per heavy atom. The van der Waals surface area contributed by atoms with E-state index in [4.69, 9.17) is 0 Å². The molecule has 1 aromatic rings. The standard InChI is InChI=1S/C10H15IN4/c1-15-4-2-3-9(7-15)14-10-12-5-8(11)6-13-10/h5-6,9H,2-4,7H2,1H3,(H,12,13,14). The van der Waals surface area contributed by atoms with Gasteiger partial charge in [0.25, 0.3) is 0 Å². The van der Waals surface area contributed by atoms with Crippen molar-refractivity contribution in [2.75, 3.05) is 25.5 Å². The third kappa shape index (κ3) is 3.27. The van der Waals surface area contributed by atoms with E-state index in [1.807, 2.05) is 12.4 Å². The zero-order chi connectivity index (χ0) is 10.7. The number of rotatable bonds is 2. The molecule has 1 aliphatic heterocycles. The van der Waals surface area contributed by atoms with E-state index in [9.17, 15) is 0 Å². The van der Waals surface area contributed by atoms with E-state index < -0.39 is 0 Å². The number of likely N-dealkylation sites (tertiary alicyclic amines) is 1. The highest BCUT2D eigenvalue weighted by atomic mass is 127. The van der Waals surface area contributed by atoms with Crippen LogP contribution in [0, 0.1) is 3.57 Å². The van der Waals surface area contributed by atoms with E-state index in [0.29, 0.717) is 6.04 Å². The molecule has 0 aromatic carbocycles. The number of aromatic nitrogens is 2. The Hall–Kier alpha value is -0.430. The van der Waals surface area contributed by atoms with Gasteiger partial charge < -0.3 is 10.2 Å². The summed E-state index contributed by atoms with van der Waals surface area (Å²) in [4.78, 5) is 10.8. The molecule has 1 saturated heterocycles. The quantitative estimate of drug-likeness (QED) is 0.841. The van der Waals surface area contributed by atoms with Crippen LogP contribution in [0.5, 0.6) is 0 Å². The Kier molecular flexibility index (Phi) is 3.74. The second-order valence-electron chi connectivity index (χ2n) is 3.97. The smallest absolute Gasteiger partial charge is 0.222 e. The summed E-state index contributed by atoms with van der Waals surface area (Å²) in [5.41, 5.74) is 0. The van der Waals surface area contributed by atoms with Gasteiger partial charge in [0.15, 0.2) is 0 Å². The number of hydrogen-bond acceptors (Lipinski definition) is 4. The summed E-state index contributed by atoms with van der Waals surface area (Å²) >= 11 is 2.21. The summed E-state index contributed by atoms with van der Waals surface area (Å²) in [6, 6.07) is 0.490. The molecular formula is C10H15IN4. The first kappa shape index (κ1) is 11.1. The van der Waals surface area contributed by atoms with Gasteiger partial charge in [0.1, 0.15) is 0 Å². The van der Waals surface area contributed by atoms with Gasteiger partial charge >= 0.3 is 0 Å². The Balaban J connectivity index is 1.93. The maximum atomic E-state index is 4.25. The van der Waals surface area contributed by atoms with Crippen LogP contribution in [-0.2, 0) is 0 Å². The summed E-state index contributed by atoms with van der Waals surface area (Å²) in [6.45, 7) is 2.28. The van der Waals surface area contributed by atoms with Crippen LogP contribution in [0.1, 0.15) is 12.8 Å². The summed E-state index contributed by atoms with van der Waals surface area (Å²) in [5.74, 6) is 0.746. The molecule has 0 amide bonds. The minimum Gasteiger partial charge on any atom is -0.350 e. The molecule has 0 spiro atoms. The van der Waals surface area contributed by atoms with Crippen LogP contribution in [0.2, 0.25) is 0 Å². The van der Waals surface area contributed by atoms with Crippen LogP contribution in [0.25, 0.3) is 0 Å². The zero-order valence-corrected chi connectivity index (χ0v) is 10.9. The van der Waals surface area contributed by atoms with E-state index in [0.717, 1.165) is 16.1 Å². The lowest BCUT2D eigenvalue weighted by atomic mass is 10.1. The number of anilines is 1. The lowest BCUT2D eigenvalue weighted by Gasteiger charge is -2.30. The van der Waals surface area contributed by atoms with Crippen LogP contribution in [0.3, 0.4) is 0 Å². The van der Waals surface area contributed by atoms with Crippen molar-refractivity contribution in [2.24, 2.45) is 0 Å². The first-order valence-electron chi connectivity index (χ1n) is 5.16. The molecule has 15 heavy (non-hydrogen) atoms.